The van der Waals surface area contributed by atoms with Gasteiger partial charge in [0, 0.05) is 32.5 Å². The summed E-state index contributed by atoms with van der Waals surface area (Å²) in [5, 5.41) is 1.94. The van der Waals surface area contributed by atoms with Gasteiger partial charge in [0.05, 0.1) is 5.71 Å². The quantitative estimate of drug-likeness (QED) is 0.748. The van der Waals surface area contributed by atoms with Crippen molar-refractivity contribution in [1.29, 1.82) is 0 Å². The fourth-order valence-corrected chi connectivity index (χ4v) is 3.36. The van der Waals surface area contributed by atoms with Crippen LogP contribution < -0.4 is 0 Å². The number of carbonyl (C=O) groups excluding carboxylic acids is 2. The van der Waals surface area contributed by atoms with E-state index in [1.807, 2.05) is 5.41 Å². The van der Waals surface area contributed by atoms with Crippen LogP contribution in [0.2, 0.25) is 0 Å². The van der Waals surface area contributed by atoms with E-state index in [0.29, 0.717) is 12.1 Å². The number of Topliss-reactive ketones (excluding diaryl/α,β-unsaturated/α-hetero) is 1. The van der Waals surface area contributed by atoms with Gasteiger partial charge in [-0.1, -0.05) is 0 Å². The van der Waals surface area contributed by atoms with Crippen molar-refractivity contribution in [3.63, 3.8) is 0 Å². The molecule has 1 amide bonds. The second kappa shape index (κ2) is 4.64. The van der Waals surface area contributed by atoms with Crippen molar-refractivity contribution in [1.82, 2.24) is 4.90 Å². The maximum absolute atomic E-state index is 11.9. The van der Waals surface area contributed by atoms with Gasteiger partial charge in [0.2, 0.25) is 5.91 Å². The zero-order valence-electron chi connectivity index (χ0n) is 10.3. The highest BCUT2D eigenvalue weighted by Gasteiger charge is 2.37. The van der Waals surface area contributed by atoms with Crippen LogP contribution in [0.25, 0.3) is 0 Å². The Morgan fingerprint density at radius 1 is 1.47 bits per heavy atom. The number of carbonyl (C=O) groups is 2. The molecule has 0 fully saturated rings. The van der Waals surface area contributed by atoms with E-state index in [1.54, 1.807) is 37.7 Å². The van der Waals surface area contributed by atoms with Crippen molar-refractivity contribution in [2.45, 2.75) is 25.1 Å². The van der Waals surface area contributed by atoms with E-state index in [-0.39, 0.29) is 23.0 Å². The first-order valence-electron chi connectivity index (χ1n) is 5.65. The highest BCUT2D eigenvalue weighted by Crippen LogP contribution is 2.42. The van der Waals surface area contributed by atoms with Crippen LogP contribution in [0.4, 0.5) is 0 Å². The summed E-state index contributed by atoms with van der Waals surface area (Å²) >= 11 is 1.55. The average molecular weight is 252 g/mol. The van der Waals surface area contributed by atoms with Gasteiger partial charge in [-0.3, -0.25) is 14.6 Å². The summed E-state index contributed by atoms with van der Waals surface area (Å²) in [6.07, 6.45) is 1.54. The molecule has 0 bridgehead atoms. The number of fused-ring (bicyclic) bond motifs is 1. The third-order valence-corrected chi connectivity index (χ3v) is 4.22. The predicted molar refractivity (Wildman–Crippen MR) is 69.0 cm³/mol. The maximum atomic E-state index is 11.9. The molecule has 0 radical (unpaired) electrons. The number of amides is 1. The number of ketones is 1. The molecule has 2 aliphatic rings. The van der Waals surface area contributed by atoms with Gasteiger partial charge in [-0.15, -0.1) is 11.8 Å². The van der Waals surface area contributed by atoms with Crippen molar-refractivity contribution >= 4 is 29.2 Å². The maximum Gasteiger partial charge on any atom is 0.250 e. The summed E-state index contributed by atoms with van der Waals surface area (Å²) in [4.78, 5) is 29.3. The molecule has 2 atom stereocenters. The summed E-state index contributed by atoms with van der Waals surface area (Å²) < 4.78 is 0. The molecule has 0 aromatic rings. The van der Waals surface area contributed by atoms with Crippen molar-refractivity contribution in [2.75, 3.05) is 14.1 Å². The second-order valence-electron chi connectivity index (χ2n) is 4.58. The smallest absolute Gasteiger partial charge is 0.250 e. The van der Waals surface area contributed by atoms with Crippen molar-refractivity contribution < 1.29 is 9.59 Å². The Hall–Kier alpha value is -1.10. The summed E-state index contributed by atoms with van der Waals surface area (Å²) in [5.41, 5.74) is 1.52. The standard InChI is InChI=1S/C12H16N2O2S/c1-7(15)10-5-4-8-9(12(16)14(2)3)6-17-11(8)13-10/h6,8,11H,4-5H2,1-3H3. The lowest BCUT2D eigenvalue weighted by atomic mass is 9.90. The molecule has 0 saturated carbocycles. The highest BCUT2D eigenvalue weighted by atomic mass is 32.2. The van der Waals surface area contributed by atoms with Gasteiger partial charge in [0.1, 0.15) is 5.37 Å². The van der Waals surface area contributed by atoms with Crippen molar-refractivity contribution in [3.8, 4) is 0 Å². The molecule has 17 heavy (non-hydrogen) atoms. The Balaban J connectivity index is 2.16. The van der Waals surface area contributed by atoms with Gasteiger partial charge >= 0.3 is 0 Å². The molecule has 0 saturated heterocycles. The number of likely N-dealkylation sites (N-methyl/N-ethyl adjacent to an activating group) is 1. The van der Waals surface area contributed by atoms with E-state index in [0.717, 1.165) is 12.0 Å². The highest BCUT2D eigenvalue weighted by molar-refractivity contribution is 8.03. The normalized spacial score (nSPS) is 27.0. The lowest BCUT2D eigenvalue weighted by Crippen LogP contribution is -2.31. The largest absolute Gasteiger partial charge is 0.345 e. The minimum absolute atomic E-state index is 0.0292. The first-order chi connectivity index (χ1) is 8.00. The van der Waals surface area contributed by atoms with E-state index in [2.05, 4.69) is 4.99 Å². The monoisotopic (exact) mass is 252 g/mol. The molecule has 0 aliphatic carbocycles. The minimum Gasteiger partial charge on any atom is -0.345 e. The van der Waals surface area contributed by atoms with Crippen LogP contribution in [0.15, 0.2) is 16.0 Å². The number of thioether (sulfide) groups is 1. The topological polar surface area (TPSA) is 49.7 Å². The molecular formula is C12H16N2O2S. The summed E-state index contributed by atoms with van der Waals surface area (Å²) in [6, 6.07) is 0. The van der Waals surface area contributed by atoms with E-state index < -0.39 is 0 Å². The Morgan fingerprint density at radius 2 is 2.18 bits per heavy atom. The van der Waals surface area contributed by atoms with Crippen LogP contribution >= 0.6 is 11.8 Å². The van der Waals surface area contributed by atoms with Crippen LogP contribution in [0.3, 0.4) is 0 Å². The summed E-state index contributed by atoms with van der Waals surface area (Å²) in [6.45, 7) is 1.55. The number of rotatable bonds is 2. The van der Waals surface area contributed by atoms with Gasteiger partial charge in [0.15, 0.2) is 5.78 Å². The molecule has 2 unspecified atom stereocenters. The Morgan fingerprint density at radius 3 is 2.76 bits per heavy atom. The van der Waals surface area contributed by atoms with E-state index >= 15 is 0 Å². The molecule has 0 N–H and O–H groups in total. The molecule has 0 aromatic heterocycles. The molecule has 5 heteroatoms. The van der Waals surface area contributed by atoms with Crippen LogP contribution in [0.5, 0.6) is 0 Å². The first kappa shape index (κ1) is 12.4. The minimum atomic E-state index is 0.0292. The van der Waals surface area contributed by atoms with Crippen molar-refractivity contribution in [2.24, 2.45) is 10.9 Å². The van der Waals surface area contributed by atoms with Crippen LogP contribution in [0, 0.1) is 5.92 Å². The molecule has 0 spiro atoms. The first-order valence-corrected chi connectivity index (χ1v) is 6.59. The third-order valence-electron chi connectivity index (χ3n) is 3.11. The Labute approximate surface area is 105 Å². The zero-order chi connectivity index (χ0) is 12.6. The SMILES string of the molecule is CC(=O)C1=NC2SC=C(C(=O)N(C)C)C2CC1. The zero-order valence-corrected chi connectivity index (χ0v) is 11.1. The lowest BCUT2D eigenvalue weighted by molar-refractivity contribution is -0.125. The van der Waals surface area contributed by atoms with Gasteiger partial charge in [0.25, 0.3) is 0 Å². The van der Waals surface area contributed by atoms with Crippen LogP contribution in [-0.4, -0.2) is 41.8 Å². The number of hydrogen-bond acceptors (Lipinski definition) is 4. The molecule has 92 valence electrons. The van der Waals surface area contributed by atoms with Crippen LogP contribution in [-0.2, 0) is 9.59 Å². The van der Waals surface area contributed by atoms with Gasteiger partial charge in [-0.25, -0.2) is 0 Å². The molecule has 2 heterocycles. The van der Waals surface area contributed by atoms with E-state index in [4.69, 9.17) is 0 Å². The molecular weight excluding hydrogens is 236 g/mol. The fourth-order valence-electron chi connectivity index (χ4n) is 2.14. The van der Waals surface area contributed by atoms with Crippen molar-refractivity contribution in [3.05, 3.63) is 11.0 Å². The molecule has 2 aliphatic heterocycles. The molecule has 0 aromatic carbocycles. The predicted octanol–water partition coefficient (Wildman–Crippen LogP) is 1.47. The summed E-state index contributed by atoms with van der Waals surface area (Å²) in [5.74, 6) is 0.293. The van der Waals surface area contributed by atoms with Crippen LogP contribution in [0.1, 0.15) is 19.8 Å². The van der Waals surface area contributed by atoms with E-state index in [9.17, 15) is 9.59 Å². The molecule has 2 rings (SSSR count). The van der Waals surface area contributed by atoms with Gasteiger partial charge < -0.3 is 4.90 Å². The third kappa shape index (κ3) is 2.29. The van der Waals surface area contributed by atoms with Gasteiger partial charge in [-0.05, 0) is 18.2 Å². The fraction of sp³-hybridized carbons (Fsp3) is 0.583. The Bertz CT molecular complexity index is 426. The number of aliphatic imine (C=N–C) groups is 1. The molecule has 4 nitrogen and oxygen atoms in total. The second-order valence-corrected chi connectivity index (χ2v) is 5.57. The number of nitrogens with zero attached hydrogens (tertiary/aromatic N) is 2. The summed E-state index contributed by atoms with van der Waals surface area (Å²) in [7, 11) is 3.52. The lowest BCUT2D eigenvalue weighted by Gasteiger charge is -2.25. The number of hydrogen-bond donors (Lipinski definition) is 0. The average Bonchev–Trinajstić information content (AvgIpc) is 2.70. The van der Waals surface area contributed by atoms with E-state index in [1.165, 1.54) is 0 Å². The Kier molecular flexibility index (Phi) is 3.38. The van der Waals surface area contributed by atoms with Gasteiger partial charge in [-0.2, -0.15) is 0 Å².